The molecule has 0 radical (unpaired) electrons. The molecule has 0 bridgehead atoms. The molecular formula is C10H10FNO3. The molecule has 0 heterocycles. The maximum absolute atomic E-state index is 13.1. The molecule has 1 aromatic carbocycles. The first-order chi connectivity index (χ1) is 7.09. The molecular weight excluding hydrogens is 201 g/mol. The van der Waals surface area contributed by atoms with Gasteiger partial charge in [-0.15, -0.1) is 0 Å². The first-order valence-corrected chi connectivity index (χ1v) is 4.31. The maximum atomic E-state index is 13.1. The van der Waals surface area contributed by atoms with E-state index in [9.17, 15) is 14.0 Å². The van der Waals surface area contributed by atoms with E-state index >= 15 is 0 Å². The highest BCUT2D eigenvalue weighted by Crippen LogP contribution is 2.06. The summed E-state index contributed by atoms with van der Waals surface area (Å²) in [6.45, 7) is -0.451. The molecule has 0 atom stereocenters. The van der Waals surface area contributed by atoms with Crippen molar-refractivity contribution in [3.63, 3.8) is 0 Å². The van der Waals surface area contributed by atoms with Crippen molar-refractivity contribution in [3.8, 4) is 0 Å². The topological polar surface area (TPSA) is 66.4 Å². The van der Waals surface area contributed by atoms with Gasteiger partial charge in [-0.05, 0) is 11.6 Å². The quantitative estimate of drug-likeness (QED) is 0.765. The van der Waals surface area contributed by atoms with Crippen molar-refractivity contribution >= 4 is 11.9 Å². The molecule has 0 aliphatic rings. The van der Waals surface area contributed by atoms with Gasteiger partial charge < -0.3 is 10.4 Å². The van der Waals surface area contributed by atoms with Gasteiger partial charge in [-0.3, -0.25) is 9.59 Å². The number of carboxylic acid groups (broad SMARTS) is 1. The molecule has 1 rings (SSSR count). The summed E-state index contributed by atoms with van der Waals surface area (Å²) in [7, 11) is 0. The lowest BCUT2D eigenvalue weighted by molar-refractivity contribution is -0.137. The lowest BCUT2D eigenvalue weighted by atomic mass is 10.1. The molecule has 0 unspecified atom stereocenters. The van der Waals surface area contributed by atoms with Crippen LogP contribution in [-0.4, -0.2) is 23.5 Å². The minimum atomic E-state index is -1.13. The zero-order valence-corrected chi connectivity index (χ0v) is 7.87. The van der Waals surface area contributed by atoms with Crippen LogP contribution in [0.3, 0.4) is 0 Å². The zero-order valence-electron chi connectivity index (χ0n) is 7.87. The second kappa shape index (κ2) is 5.09. The molecule has 15 heavy (non-hydrogen) atoms. The standard InChI is InChI=1S/C10H10FNO3/c11-8-4-2-1-3-7(8)5-9(13)12-6-10(14)15/h1-4H,5-6H2,(H,12,13)(H,14,15). The number of nitrogens with one attached hydrogen (secondary N) is 1. The molecule has 1 amide bonds. The first-order valence-electron chi connectivity index (χ1n) is 4.31. The van der Waals surface area contributed by atoms with Crippen LogP contribution < -0.4 is 5.32 Å². The fourth-order valence-corrected chi connectivity index (χ4v) is 1.05. The molecule has 2 N–H and O–H groups in total. The Morgan fingerprint density at radius 3 is 2.60 bits per heavy atom. The average Bonchev–Trinajstić information content (AvgIpc) is 2.18. The normalized spacial score (nSPS) is 9.67. The van der Waals surface area contributed by atoms with Crippen LogP contribution in [0.2, 0.25) is 0 Å². The van der Waals surface area contributed by atoms with Gasteiger partial charge in [0, 0.05) is 0 Å². The second-order valence-electron chi connectivity index (χ2n) is 2.94. The summed E-state index contributed by atoms with van der Waals surface area (Å²) in [4.78, 5) is 21.3. The van der Waals surface area contributed by atoms with E-state index in [2.05, 4.69) is 5.32 Å². The maximum Gasteiger partial charge on any atom is 0.322 e. The fraction of sp³-hybridized carbons (Fsp3) is 0.200. The highest BCUT2D eigenvalue weighted by Gasteiger charge is 2.08. The summed E-state index contributed by atoms with van der Waals surface area (Å²) in [5, 5.41) is 10.4. The number of carbonyl (C=O) groups is 2. The van der Waals surface area contributed by atoms with Gasteiger partial charge in [0.25, 0.3) is 0 Å². The van der Waals surface area contributed by atoms with Gasteiger partial charge >= 0.3 is 5.97 Å². The summed E-state index contributed by atoms with van der Waals surface area (Å²) < 4.78 is 13.1. The van der Waals surface area contributed by atoms with E-state index < -0.39 is 24.2 Å². The van der Waals surface area contributed by atoms with Crippen LogP contribution in [0.5, 0.6) is 0 Å². The molecule has 1 aromatic rings. The summed E-state index contributed by atoms with van der Waals surface area (Å²) >= 11 is 0. The Morgan fingerprint density at radius 2 is 2.00 bits per heavy atom. The van der Waals surface area contributed by atoms with E-state index in [0.29, 0.717) is 0 Å². The first kappa shape index (κ1) is 11.2. The van der Waals surface area contributed by atoms with Gasteiger partial charge in [0.15, 0.2) is 0 Å². The Labute approximate surface area is 85.7 Å². The summed E-state index contributed by atoms with van der Waals surface area (Å²) in [5.74, 6) is -2.11. The van der Waals surface area contributed by atoms with Gasteiger partial charge in [0.05, 0.1) is 6.42 Å². The van der Waals surface area contributed by atoms with E-state index in [1.807, 2.05) is 0 Å². The van der Waals surface area contributed by atoms with Crippen LogP contribution in [0, 0.1) is 5.82 Å². The molecule has 0 aliphatic carbocycles. The third-order valence-electron chi connectivity index (χ3n) is 1.75. The molecule has 0 saturated heterocycles. The van der Waals surface area contributed by atoms with E-state index in [-0.39, 0.29) is 12.0 Å². The van der Waals surface area contributed by atoms with Crippen molar-refractivity contribution in [3.05, 3.63) is 35.6 Å². The van der Waals surface area contributed by atoms with E-state index in [4.69, 9.17) is 5.11 Å². The zero-order chi connectivity index (χ0) is 11.3. The van der Waals surface area contributed by atoms with Crippen LogP contribution in [0.15, 0.2) is 24.3 Å². The van der Waals surface area contributed by atoms with Crippen LogP contribution in [0.1, 0.15) is 5.56 Å². The fourth-order valence-electron chi connectivity index (χ4n) is 1.05. The number of carboxylic acids is 1. The smallest absolute Gasteiger partial charge is 0.322 e. The monoisotopic (exact) mass is 211 g/mol. The van der Waals surface area contributed by atoms with E-state index in [0.717, 1.165) is 0 Å². The third kappa shape index (κ3) is 3.76. The highest BCUT2D eigenvalue weighted by atomic mass is 19.1. The van der Waals surface area contributed by atoms with Crippen LogP contribution in [-0.2, 0) is 16.0 Å². The lowest BCUT2D eigenvalue weighted by Crippen LogP contribution is -2.30. The Balaban J connectivity index is 2.52. The average molecular weight is 211 g/mol. The van der Waals surface area contributed by atoms with Gasteiger partial charge in [0.1, 0.15) is 12.4 Å². The predicted octanol–water partition coefficient (Wildman–Crippen LogP) is 0.569. The Bertz CT molecular complexity index is 379. The minimum absolute atomic E-state index is 0.153. The van der Waals surface area contributed by atoms with Crippen LogP contribution >= 0.6 is 0 Å². The van der Waals surface area contributed by atoms with Crippen molar-refractivity contribution < 1.29 is 19.1 Å². The van der Waals surface area contributed by atoms with Crippen molar-refractivity contribution in [1.29, 1.82) is 0 Å². The van der Waals surface area contributed by atoms with E-state index in [1.54, 1.807) is 6.07 Å². The Kier molecular flexibility index (Phi) is 3.79. The second-order valence-corrected chi connectivity index (χ2v) is 2.94. The number of amides is 1. The van der Waals surface area contributed by atoms with Gasteiger partial charge in [0.2, 0.25) is 5.91 Å². The molecule has 0 aliphatic heterocycles. The van der Waals surface area contributed by atoms with Crippen molar-refractivity contribution in [2.75, 3.05) is 6.54 Å². The Morgan fingerprint density at radius 1 is 1.33 bits per heavy atom. The molecule has 80 valence electrons. The van der Waals surface area contributed by atoms with Crippen LogP contribution in [0.25, 0.3) is 0 Å². The van der Waals surface area contributed by atoms with Crippen molar-refractivity contribution in [1.82, 2.24) is 5.32 Å². The number of benzene rings is 1. The largest absolute Gasteiger partial charge is 0.480 e. The molecule has 0 saturated carbocycles. The van der Waals surface area contributed by atoms with Crippen molar-refractivity contribution in [2.45, 2.75) is 6.42 Å². The number of hydrogen-bond acceptors (Lipinski definition) is 2. The van der Waals surface area contributed by atoms with Gasteiger partial charge in [-0.25, -0.2) is 4.39 Å². The van der Waals surface area contributed by atoms with Crippen LogP contribution in [0.4, 0.5) is 4.39 Å². The number of hydrogen-bond donors (Lipinski definition) is 2. The molecule has 0 fully saturated rings. The number of aliphatic carboxylic acids is 1. The molecule has 5 heteroatoms. The van der Waals surface area contributed by atoms with E-state index in [1.165, 1.54) is 18.2 Å². The predicted molar refractivity (Wildman–Crippen MR) is 50.7 cm³/mol. The lowest BCUT2D eigenvalue weighted by Gasteiger charge is -2.03. The van der Waals surface area contributed by atoms with Crippen molar-refractivity contribution in [2.24, 2.45) is 0 Å². The van der Waals surface area contributed by atoms with Gasteiger partial charge in [-0.2, -0.15) is 0 Å². The Hall–Kier alpha value is -1.91. The summed E-state index contributed by atoms with van der Waals surface area (Å²) in [6, 6.07) is 5.87. The molecule has 4 nitrogen and oxygen atoms in total. The minimum Gasteiger partial charge on any atom is -0.480 e. The SMILES string of the molecule is O=C(O)CNC(=O)Cc1ccccc1F. The van der Waals surface area contributed by atoms with Gasteiger partial charge in [-0.1, -0.05) is 18.2 Å². The number of rotatable bonds is 4. The number of halogens is 1. The molecule has 0 aromatic heterocycles. The number of carbonyl (C=O) groups excluding carboxylic acids is 1. The summed E-state index contributed by atoms with van der Waals surface area (Å²) in [6.07, 6.45) is -0.153. The highest BCUT2D eigenvalue weighted by molar-refractivity contribution is 5.82. The third-order valence-corrected chi connectivity index (χ3v) is 1.75. The molecule has 0 spiro atoms. The summed E-state index contributed by atoms with van der Waals surface area (Å²) in [5.41, 5.74) is 0.250.